The summed E-state index contributed by atoms with van der Waals surface area (Å²) in [5.41, 5.74) is 3.80. The van der Waals surface area contributed by atoms with Crippen LogP contribution < -0.4 is 5.32 Å². The molecule has 0 saturated heterocycles. The van der Waals surface area contributed by atoms with Crippen LogP contribution in [0.3, 0.4) is 0 Å². The minimum Gasteiger partial charge on any atom is -0.319 e. The van der Waals surface area contributed by atoms with Gasteiger partial charge in [0.05, 0.1) is 32.6 Å². The number of aromatic nitrogens is 3. The van der Waals surface area contributed by atoms with Gasteiger partial charge in [0, 0.05) is 22.7 Å². The fourth-order valence-electron chi connectivity index (χ4n) is 3.19. The van der Waals surface area contributed by atoms with Crippen LogP contribution in [-0.2, 0) is 0 Å². The number of nitrogens with one attached hydrogen (secondary N) is 1. The number of rotatable bonds is 6. The molecule has 2 aromatic heterocycles. The molecule has 0 fully saturated rings. The fourth-order valence-corrected chi connectivity index (χ4v) is 5.07. The molecule has 1 N–H and O–H groups in total. The molecule has 0 aliphatic rings. The number of benzene rings is 2. The van der Waals surface area contributed by atoms with Gasteiger partial charge in [-0.2, -0.15) is 5.10 Å². The summed E-state index contributed by atoms with van der Waals surface area (Å²) in [7, 11) is 0. The van der Waals surface area contributed by atoms with E-state index in [9.17, 15) is 14.9 Å². The molecule has 4 rings (SSSR count). The molecule has 0 radical (unpaired) electrons. The van der Waals surface area contributed by atoms with Gasteiger partial charge in [-0.15, -0.1) is 11.3 Å². The number of aryl methyl sites for hydroxylation is 2. The Labute approximate surface area is 192 Å². The monoisotopic (exact) mass is 465 g/mol. The number of hydrogen-bond acceptors (Lipinski definition) is 7. The van der Waals surface area contributed by atoms with Crippen LogP contribution in [0.5, 0.6) is 0 Å². The van der Waals surface area contributed by atoms with Crippen LogP contribution in [0.4, 0.5) is 11.4 Å². The van der Waals surface area contributed by atoms with E-state index in [1.807, 2.05) is 49.6 Å². The summed E-state index contributed by atoms with van der Waals surface area (Å²) in [6.07, 6.45) is 0. The zero-order valence-electron chi connectivity index (χ0n) is 17.5. The van der Waals surface area contributed by atoms with Crippen LogP contribution in [0.25, 0.3) is 5.69 Å². The van der Waals surface area contributed by atoms with Crippen molar-refractivity contribution in [2.24, 2.45) is 0 Å². The summed E-state index contributed by atoms with van der Waals surface area (Å²) >= 11 is 2.64. The van der Waals surface area contributed by atoms with Crippen molar-refractivity contribution in [3.8, 4) is 5.69 Å². The second-order valence-corrected chi connectivity index (χ2v) is 9.19. The maximum Gasteiger partial charge on any atom is 0.284 e. The number of nitro benzene ring substituents is 1. The first-order valence-electron chi connectivity index (χ1n) is 9.65. The fraction of sp³-hybridized carbons (Fsp3) is 0.136. The molecule has 0 aliphatic carbocycles. The number of nitro groups is 1. The number of carbonyl (C=O) groups is 1. The van der Waals surface area contributed by atoms with Gasteiger partial charge in [-0.25, -0.2) is 9.67 Å². The Hall–Kier alpha value is -3.50. The van der Waals surface area contributed by atoms with Crippen molar-refractivity contribution in [1.82, 2.24) is 14.8 Å². The lowest BCUT2D eigenvalue weighted by Crippen LogP contribution is -2.13. The number of nitrogens with zero attached hydrogens (tertiary/aromatic N) is 4. The Morgan fingerprint density at radius 3 is 2.56 bits per heavy atom. The lowest BCUT2D eigenvalue weighted by atomic mass is 10.1. The molecule has 0 unspecified atom stereocenters. The molecule has 32 heavy (non-hydrogen) atoms. The van der Waals surface area contributed by atoms with E-state index in [2.05, 4.69) is 15.4 Å². The molecular weight excluding hydrogens is 446 g/mol. The van der Waals surface area contributed by atoms with Gasteiger partial charge in [0.15, 0.2) is 4.34 Å². The Morgan fingerprint density at radius 1 is 1.16 bits per heavy atom. The average Bonchev–Trinajstić information content (AvgIpc) is 3.31. The highest BCUT2D eigenvalue weighted by molar-refractivity contribution is 8.01. The van der Waals surface area contributed by atoms with Crippen LogP contribution in [0.15, 0.2) is 63.1 Å². The first kappa shape index (κ1) is 21.7. The van der Waals surface area contributed by atoms with Crippen molar-refractivity contribution in [2.75, 3.05) is 5.32 Å². The Bertz CT molecular complexity index is 1310. The van der Waals surface area contributed by atoms with Gasteiger partial charge in [-0.3, -0.25) is 14.9 Å². The summed E-state index contributed by atoms with van der Waals surface area (Å²) in [5, 5.41) is 20.9. The van der Waals surface area contributed by atoms with E-state index in [1.54, 1.807) is 23.7 Å². The van der Waals surface area contributed by atoms with Crippen LogP contribution in [0.1, 0.15) is 27.4 Å². The molecule has 0 aliphatic heterocycles. The van der Waals surface area contributed by atoms with E-state index >= 15 is 0 Å². The van der Waals surface area contributed by atoms with Crippen molar-refractivity contribution in [3.05, 3.63) is 86.7 Å². The number of carbonyl (C=O) groups excluding carboxylic acids is 1. The molecule has 2 aromatic carbocycles. The van der Waals surface area contributed by atoms with E-state index in [4.69, 9.17) is 0 Å². The highest BCUT2D eigenvalue weighted by Crippen LogP contribution is 2.37. The van der Waals surface area contributed by atoms with Gasteiger partial charge < -0.3 is 5.32 Å². The SMILES string of the molecule is Cc1csc(Sc2ccc(C(=O)Nc3c(C)nn(-c4ccccc4)c3C)cc2[N+](=O)[O-])n1. The van der Waals surface area contributed by atoms with Gasteiger partial charge >= 0.3 is 0 Å². The Kier molecular flexibility index (Phi) is 6.06. The average molecular weight is 466 g/mol. The van der Waals surface area contributed by atoms with E-state index in [1.165, 1.54) is 29.2 Å². The van der Waals surface area contributed by atoms with E-state index in [-0.39, 0.29) is 11.3 Å². The van der Waals surface area contributed by atoms with Crippen LogP contribution in [0, 0.1) is 30.9 Å². The molecule has 8 nitrogen and oxygen atoms in total. The summed E-state index contributed by atoms with van der Waals surface area (Å²) in [4.78, 5) is 28.9. The lowest BCUT2D eigenvalue weighted by molar-refractivity contribution is -0.387. The molecule has 162 valence electrons. The van der Waals surface area contributed by atoms with Crippen molar-refractivity contribution in [3.63, 3.8) is 0 Å². The summed E-state index contributed by atoms with van der Waals surface area (Å²) in [6, 6.07) is 14.1. The molecular formula is C22H19N5O3S2. The molecule has 0 atom stereocenters. The first-order chi connectivity index (χ1) is 15.3. The van der Waals surface area contributed by atoms with Crippen molar-refractivity contribution < 1.29 is 9.72 Å². The molecule has 0 bridgehead atoms. The quantitative estimate of drug-likeness (QED) is 0.295. The smallest absolute Gasteiger partial charge is 0.284 e. The second-order valence-electron chi connectivity index (χ2n) is 7.04. The van der Waals surface area contributed by atoms with Gasteiger partial charge in [0.25, 0.3) is 11.6 Å². The van der Waals surface area contributed by atoms with Gasteiger partial charge in [0.2, 0.25) is 0 Å². The zero-order chi connectivity index (χ0) is 22.8. The van der Waals surface area contributed by atoms with E-state index < -0.39 is 10.8 Å². The predicted molar refractivity (Wildman–Crippen MR) is 125 cm³/mol. The van der Waals surface area contributed by atoms with Gasteiger partial charge in [-0.1, -0.05) is 30.0 Å². The van der Waals surface area contributed by atoms with Gasteiger partial charge in [0.1, 0.15) is 0 Å². The number of amides is 1. The third-order valence-corrected chi connectivity index (χ3v) is 6.87. The topological polar surface area (TPSA) is 103 Å². The minimum absolute atomic E-state index is 0.135. The Balaban J connectivity index is 1.61. The van der Waals surface area contributed by atoms with Crippen molar-refractivity contribution in [2.45, 2.75) is 30.0 Å². The van der Waals surface area contributed by atoms with E-state index in [0.717, 1.165) is 17.1 Å². The standard InChI is InChI=1S/C22H19N5O3S2/c1-13-12-31-22(23-13)32-19-10-9-16(11-18(19)27(29)30)21(28)24-20-14(2)25-26(15(20)3)17-7-5-4-6-8-17/h4-12H,1-3H3,(H,24,28). The molecule has 0 spiro atoms. The normalized spacial score (nSPS) is 10.8. The van der Waals surface area contributed by atoms with Crippen LogP contribution in [-0.4, -0.2) is 25.6 Å². The van der Waals surface area contributed by atoms with E-state index in [0.29, 0.717) is 20.6 Å². The number of hydrogen-bond donors (Lipinski definition) is 1. The van der Waals surface area contributed by atoms with Crippen LogP contribution >= 0.6 is 23.1 Å². The number of para-hydroxylation sites is 1. The summed E-state index contributed by atoms with van der Waals surface area (Å²) < 4.78 is 2.46. The number of thiazole rings is 1. The summed E-state index contributed by atoms with van der Waals surface area (Å²) in [6.45, 7) is 5.54. The Morgan fingerprint density at radius 2 is 1.91 bits per heavy atom. The molecule has 0 saturated carbocycles. The van der Waals surface area contributed by atoms with Gasteiger partial charge in [-0.05, 0) is 45.0 Å². The first-order valence-corrected chi connectivity index (χ1v) is 11.3. The van der Waals surface area contributed by atoms with Crippen LogP contribution in [0.2, 0.25) is 0 Å². The molecule has 10 heteroatoms. The minimum atomic E-state index is -0.483. The highest BCUT2D eigenvalue weighted by Gasteiger charge is 2.21. The lowest BCUT2D eigenvalue weighted by Gasteiger charge is -2.08. The maximum absolute atomic E-state index is 12.9. The zero-order valence-corrected chi connectivity index (χ0v) is 19.2. The van der Waals surface area contributed by atoms with Crippen molar-refractivity contribution in [1.29, 1.82) is 0 Å². The summed E-state index contributed by atoms with van der Waals surface area (Å²) in [5.74, 6) is -0.437. The molecule has 1 amide bonds. The third kappa shape index (κ3) is 4.41. The maximum atomic E-state index is 12.9. The molecule has 4 aromatic rings. The van der Waals surface area contributed by atoms with Crippen molar-refractivity contribution >= 4 is 40.4 Å². The highest BCUT2D eigenvalue weighted by atomic mass is 32.2. The predicted octanol–water partition coefficient (Wildman–Crippen LogP) is 5.57. The second kappa shape index (κ2) is 8.93. The number of anilines is 1. The largest absolute Gasteiger partial charge is 0.319 e. The third-order valence-electron chi connectivity index (χ3n) is 4.74. The molecule has 2 heterocycles.